The van der Waals surface area contributed by atoms with Gasteiger partial charge >= 0.3 is 11.7 Å². The van der Waals surface area contributed by atoms with E-state index in [1.54, 1.807) is 6.92 Å². The average molecular weight is 333 g/mol. The van der Waals surface area contributed by atoms with Crippen molar-refractivity contribution in [3.8, 4) is 0 Å². The first-order valence-electron chi connectivity index (χ1n) is 6.93. The first kappa shape index (κ1) is 17.1. The summed E-state index contributed by atoms with van der Waals surface area (Å²) in [6, 6.07) is 1.50. The van der Waals surface area contributed by atoms with Gasteiger partial charge in [-0.2, -0.15) is 5.10 Å². The Balaban J connectivity index is 1.99. The van der Waals surface area contributed by atoms with E-state index in [0.29, 0.717) is 11.1 Å². The SMILES string of the molecule is COC(=O)c1ccnc(NC(=O)CCn2cc([N+](=O)[O-])cn2)c1C. The quantitative estimate of drug-likeness (QED) is 0.479. The van der Waals surface area contributed by atoms with Crippen LogP contribution in [0, 0.1) is 17.0 Å². The topological polar surface area (TPSA) is 129 Å². The van der Waals surface area contributed by atoms with E-state index in [-0.39, 0.29) is 30.4 Å². The van der Waals surface area contributed by atoms with Gasteiger partial charge in [-0.3, -0.25) is 19.6 Å². The van der Waals surface area contributed by atoms with E-state index in [1.807, 2.05) is 0 Å². The molecule has 24 heavy (non-hydrogen) atoms. The Morgan fingerprint density at radius 3 is 2.83 bits per heavy atom. The predicted molar refractivity (Wildman–Crippen MR) is 82.4 cm³/mol. The van der Waals surface area contributed by atoms with Gasteiger partial charge in [0.25, 0.3) is 0 Å². The summed E-state index contributed by atoms with van der Waals surface area (Å²) in [4.78, 5) is 37.6. The Morgan fingerprint density at radius 1 is 1.46 bits per heavy atom. The number of hydrogen-bond acceptors (Lipinski definition) is 7. The maximum atomic E-state index is 12.0. The van der Waals surface area contributed by atoms with Gasteiger partial charge in [-0.15, -0.1) is 0 Å². The van der Waals surface area contributed by atoms with Gasteiger partial charge in [-0.1, -0.05) is 0 Å². The highest BCUT2D eigenvalue weighted by Crippen LogP contribution is 2.17. The molecule has 10 heteroatoms. The molecule has 0 aromatic carbocycles. The Morgan fingerprint density at radius 2 is 2.21 bits per heavy atom. The molecule has 2 aromatic heterocycles. The number of esters is 1. The van der Waals surface area contributed by atoms with Crippen LogP contribution < -0.4 is 5.32 Å². The second kappa shape index (κ2) is 7.31. The smallest absolute Gasteiger partial charge is 0.338 e. The van der Waals surface area contributed by atoms with Gasteiger partial charge in [-0.25, -0.2) is 9.78 Å². The molecule has 0 fully saturated rings. The lowest BCUT2D eigenvalue weighted by molar-refractivity contribution is -0.385. The number of anilines is 1. The largest absolute Gasteiger partial charge is 0.465 e. The molecular weight excluding hydrogens is 318 g/mol. The van der Waals surface area contributed by atoms with Crippen LogP contribution in [-0.4, -0.2) is 38.7 Å². The molecule has 2 aromatic rings. The number of amides is 1. The summed E-state index contributed by atoms with van der Waals surface area (Å²) in [5.41, 5.74) is 0.664. The summed E-state index contributed by atoms with van der Waals surface area (Å²) in [6.07, 6.45) is 3.80. The summed E-state index contributed by atoms with van der Waals surface area (Å²) in [5, 5.41) is 17.0. The molecule has 0 radical (unpaired) electrons. The van der Waals surface area contributed by atoms with Crippen LogP contribution in [0.1, 0.15) is 22.3 Å². The van der Waals surface area contributed by atoms with Crippen molar-refractivity contribution in [1.29, 1.82) is 0 Å². The van der Waals surface area contributed by atoms with Gasteiger partial charge < -0.3 is 10.1 Å². The van der Waals surface area contributed by atoms with Crippen molar-refractivity contribution >= 4 is 23.4 Å². The van der Waals surface area contributed by atoms with Crippen LogP contribution in [0.4, 0.5) is 11.5 Å². The number of carbonyl (C=O) groups excluding carboxylic acids is 2. The van der Waals surface area contributed by atoms with Crippen molar-refractivity contribution in [2.24, 2.45) is 0 Å². The third kappa shape index (κ3) is 3.91. The predicted octanol–water partition coefficient (Wildman–Crippen LogP) is 1.31. The zero-order chi connectivity index (χ0) is 17.7. The number of nitrogens with zero attached hydrogens (tertiary/aromatic N) is 4. The van der Waals surface area contributed by atoms with Crippen LogP contribution in [-0.2, 0) is 16.1 Å². The molecule has 0 unspecified atom stereocenters. The minimum absolute atomic E-state index is 0.0441. The number of nitrogens with one attached hydrogen (secondary N) is 1. The van der Waals surface area contributed by atoms with Crippen LogP contribution in [0.2, 0.25) is 0 Å². The van der Waals surface area contributed by atoms with E-state index in [0.717, 1.165) is 6.20 Å². The Kier molecular flexibility index (Phi) is 5.20. The summed E-state index contributed by atoms with van der Waals surface area (Å²) < 4.78 is 5.97. The van der Waals surface area contributed by atoms with Crippen molar-refractivity contribution in [2.75, 3.05) is 12.4 Å². The van der Waals surface area contributed by atoms with E-state index in [9.17, 15) is 19.7 Å². The number of methoxy groups -OCH3 is 1. The Labute approximate surface area is 136 Å². The van der Waals surface area contributed by atoms with Gasteiger partial charge in [0, 0.05) is 24.7 Å². The standard InChI is InChI=1S/C14H15N5O5/c1-9-11(14(21)24-2)3-5-15-13(9)17-12(20)4-6-18-8-10(7-16-18)19(22)23/h3,5,7-8H,4,6H2,1-2H3,(H,15,17,20). The molecular formula is C14H15N5O5. The molecule has 0 aliphatic carbocycles. The molecule has 0 aliphatic heterocycles. The van der Waals surface area contributed by atoms with E-state index < -0.39 is 10.9 Å². The average Bonchev–Trinajstić information content (AvgIpc) is 3.03. The van der Waals surface area contributed by atoms with E-state index in [4.69, 9.17) is 0 Å². The fourth-order valence-electron chi connectivity index (χ4n) is 1.97. The maximum Gasteiger partial charge on any atom is 0.338 e. The maximum absolute atomic E-state index is 12.0. The number of pyridine rings is 1. The highest BCUT2D eigenvalue weighted by Gasteiger charge is 2.15. The van der Waals surface area contributed by atoms with Crippen molar-refractivity contribution in [3.63, 3.8) is 0 Å². The molecule has 1 N–H and O–H groups in total. The van der Waals surface area contributed by atoms with Crippen LogP contribution >= 0.6 is 0 Å². The molecule has 0 aliphatic rings. The summed E-state index contributed by atoms with van der Waals surface area (Å²) in [5.74, 6) is -0.616. The second-order valence-corrected chi connectivity index (χ2v) is 4.84. The molecule has 0 bridgehead atoms. The zero-order valence-corrected chi connectivity index (χ0v) is 13.1. The normalized spacial score (nSPS) is 10.2. The number of ether oxygens (including phenoxy) is 1. The Bertz CT molecular complexity index is 786. The summed E-state index contributed by atoms with van der Waals surface area (Å²) in [7, 11) is 1.27. The lowest BCUT2D eigenvalue weighted by Gasteiger charge is -2.10. The Hall–Kier alpha value is -3.30. The first-order chi connectivity index (χ1) is 11.4. The second-order valence-electron chi connectivity index (χ2n) is 4.84. The van der Waals surface area contributed by atoms with Gasteiger partial charge in [0.05, 0.1) is 17.6 Å². The van der Waals surface area contributed by atoms with Gasteiger partial charge in [0.2, 0.25) is 5.91 Å². The minimum Gasteiger partial charge on any atom is -0.465 e. The lowest BCUT2D eigenvalue weighted by atomic mass is 10.1. The highest BCUT2D eigenvalue weighted by atomic mass is 16.6. The van der Waals surface area contributed by atoms with Crippen molar-refractivity contribution in [3.05, 3.63) is 45.9 Å². The number of carbonyl (C=O) groups is 2. The highest BCUT2D eigenvalue weighted by molar-refractivity contribution is 5.95. The van der Waals surface area contributed by atoms with Crippen molar-refractivity contribution in [1.82, 2.24) is 14.8 Å². The van der Waals surface area contributed by atoms with Gasteiger partial charge in [-0.05, 0) is 13.0 Å². The number of nitro groups is 1. The molecule has 2 rings (SSSR count). The minimum atomic E-state index is -0.560. The number of aromatic nitrogens is 3. The molecule has 10 nitrogen and oxygen atoms in total. The lowest BCUT2D eigenvalue weighted by Crippen LogP contribution is -2.17. The monoisotopic (exact) mass is 333 g/mol. The molecule has 126 valence electrons. The molecule has 1 amide bonds. The summed E-state index contributed by atoms with van der Waals surface area (Å²) >= 11 is 0. The van der Waals surface area contributed by atoms with Crippen molar-refractivity contribution < 1.29 is 19.2 Å². The van der Waals surface area contributed by atoms with Gasteiger partial charge in [0.1, 0.15) is 18.2 Å². The summed E-state index contributed by atoms with van der Waals surface area (Å²) in [6.45, 7) is 1.82. The third-order valence-electron chi connectivity index (χ3n) is 3.27. The van der Waals surface area contributed by atoms with Crippen LogP contribution in [0.25, 0.3) is 0 Å². The number of aryl methyl sites for hydroxylation is 1. The number of rotatable bonds is 6. The zero-order valence-electron chi connectivity index (χ0n) is 13.1. The molecule has 0 saturated carbocycles. The van der Waals surface area contributed by atoms with E-state index >= 15 is 0 Å². The fourth-order valence-corrected chi connectivity index (χ4v) is 1.97. The molecule has 0 atom stereocenters. The van der Waals surface area contributed by atoms with Gasteiger partial charge in [0.15, 0.2) is 0 Å². The molecule has 0 spiro atoms. The molecule has 0 saturated heterocycles. The molecule has 2 heterocycles. The first-order valence-corrected chi connectivity index (χ1v) is 6.93. The van der Waals surface area contributed by atoms with Crippen LogP contribution in [0.5, 0.6) is 0 Å². The van der Waals surface area contributed by atoms with E-state index in [1.165, 1.54) is 30.3 Å². The van der Waals surface area contributed by atoms with Crippen LogP contribution in [0.15, 0.2) is 24.7 Å². The fraction of sp³-hybridized carbons (Fsp3) is 0.286. The van der Waals surface area contributed by atoms with Crippen molar-refractivity contribution in [2.45, 2.75) is 19.9 Å². The number of hydrogen-bond donors (Lipinski definition) is 1. The van der Waals surface area contributed by atoms with E-state index in [2.05, 4.69) is 20.1 Å². The van der Waals surface area contributed by atoms with Crippen LogP contribution in [0.3, 0.4) is 0 Å². The third-order valence-corrected chi connectivity index (χ3v) is 3.27.